The lowest BCUT2D eigenvalue weighted by molar-refractivity contribution is 0.197. The molecule has 2 rings (SSSR count). The number of para-hydroxylation sites is 1. The van der Waals surface area contributed by atoms with E-state index in [0.717, 1.165) is 18.4 Å². The van der Waals surface area contributed by atoms with Crippen molar-refractivity contribution < 1.29 is 9.13 Å². The molecule has 0 heterocycles. The molecule has 1 aliphatic rings. The Hall–Kier alpha value is -1.09. The fourth-order valence-corrected chi connectivity index (χ4v) is 2.18. The summed E-state index contributed by atoms with van der Waals surface area (Å²) in [5.41, 5.74) is 6.57. The molecule has 3 heteroatoms. The molecular formula is C13H18FNO. The molecule has 0 aliphatic heterocycles. The molecule has 1 saturated carbocycles. The van der Waals surface area contributed by atoms with Gasteiger partial charge >= 0.3 is 0 Å². The highest BCUT2D eigenvalue weighted by Crippen LogP contribution is 2.31. The maximum absolute atomic E-state index is 13.7. The largest absolute Gasteiger partial charge is 0.487 e. The van der Waals surface area contributed by atoms with Gasteiger partial charge in [0.25, 0.3) is 0 Å². The summed E-state index contributed by atoms with van der Waals surface area (Å²) < 4.78 is 19.4. The molecule has 1 atom stereocenters. The predicted molar refractivity (Wildman–Crippen MR) is 61.9 cm³/mol. The third kappa shape index (κ3) is 2.35. The average molecular weight is 223 g/mol. The Bertz CT molecular complexity index is 359. The molecule has 0 aromatic heterocycles. The van der Waals surface area contributed by atoms with Crippen molar-refractivity contribution in [3.8, 4) is 5.75 Å². The van der Waals surface area contributed by atoms with Crippen molar-refractivity contribution >= 4 is 0 Å². The Balaban J connectivity index is 2.23. The molecule has 0 saturated heterocycles. The van der Waals surface area contributed by atoms with Gasteiger partial charge in [-0.25, -0.2) is 4.39 Å². The first-order valence-electron chi connectivity index (χ1n) is 5.89. The summed E-state index contributed by atoms with van der Waals surface area (Å²) in [5, 5.41) is 0. The van der Waals surface area contributed by atoms with E-state index in [4.69, 9.17) is 10.5 Å². The molecular weight excluding hydrogens is 205 g/mol. The van der Waals surface area contributed by atoms with E-state index in [2.05, 4.69) is 0 Å². The van der Waals surface area contributed by atoms with E-state index < -0.39 is 0 Å². The van der Waals surface area contributed by atoms with Gasteiger partial charge in [0.15, 0.2) is 11.6 Å². The van der Waals surface area contributed by atoms with Crippen LogP contribution in [0.2, 0.25) is 0 Å². The lowest BCUT2D eigenvalue weighted by Gasteiger charge is -2.18. The quantitative estimate of drug-likeness (QED) is 0.854. The van der Waals surface area contributed by atoms with Gasteiger partial charge in [-0.3, -0.25) is 0 Å². The first-order chi connectivity index (χ1) is 7.68. The standard InChI is InChI=1S/C13H18FNO/c1-9(15)11-7-4-8-12(14)13(11)16-10-5-2-3-6-10/h4,7-10H,2-3,5-6,15H2,1H3/t9-/m0/s1. The van der Waals surface area contributed by atoms with Gasteiger partial charge in [0.2, 0.25) is 0 Å². The second-order valence-corrected chi connectivity index (χ2v) is 4.47. The molecule has 0 bridgehead atoms. The predicted octanol–water partition coefficient (Wildman–Crippen LogP) is 3.17. The number of halogens is 1. The first kappa shape index (κ1) is 11.4. The Morgan fingerprint density at radius 3 is 2.69 bits per heavy atom. The smallest absolute Gasteiger partial charge is 0.165 e. The maximum atomic E-state index is 13.7. The minimum Gasteiger partial charge on any atom is -0.487 e. The molecule has 0 amide bonds. The van der Waals surface area contributed by atoms with Crippen LogP contribution in [0.4, 0.5) is 4.39 Å². The minimum absolute atomic E-state index is 0.161. The van der Waals surface area contributed by atoms with Gasteiger partial charge in [0.05, 0.1) is 6.10 Å². The topological polar surface area (TPSA) is 35.2 Å². The summed E-state index contributed by atoms with van der Waals surface area (Å²) in [6, 6.07) is 4.73. The van der Waals surface area contributed by atoms with Crippen molar-refractivity contribution in [1.82, 2.24) is 0 Å². The molecule has 1 aromatic carbocycles. The third-order valence-electron chi connectivity index (χ3n) is 3.07. The number of hydrogen-bond acceptors (Lipinski definition) is 2. The number of nitrogens with two attached hydrogens (primary N) is 1. The van der Waals surface area contributed by atoms with Gasteiger partial charge in [-0.2, -0.15) is 0 Å². The zero-order valence-electron chi connectivity index (χ0n) is 9.58. The Morgan fingerprint density at radius 2 is 2.06 bits per heavy atom. The number of hydrogen-bond donors (Lipinski definition) is 1. The van der Waals surface area contributed by atoms with Crippen LogP contribution in [-0.4, -0.2) is 6.10 Å². The van der Waals surface area contributed by atoms with Crippen LogP contribution in [0.1, 0.15) is 44.2 Å². The van der Waals surface area contributed by atoms with E-state index in [1.807, 2.05) is 13.0 Å². The molecule has 0 unspecified atom stereocenters. The van der Waals surface area contributed by atoms with Crippen molar-refractivity contribution in [3.05, 3.63) is 29.6 Å². The van der Waals surface area contributed by atoms with Crippen LogP contribution < -0.4 is 10.5 Å². The fourth-order valence-electron chi connectivity index (χ4n) is 2.18. The monoisotopic (exact) mass is 223 g/mol. The van der Waals surface area contributed by atoms with Gasteiger partial charge in [0.1, 0.15) is 0 Å². The van der Waals surface area contributed by atoms with Crippen LogP contribution in [0.25, 0.3) is 0 Å². The molecule has 0 radical (unpaired) electrons. The fraction of sp³-hybridized carbons (Fsp3) is 0.538. The second kappa shape index (κ2) is 4.83. The zero-order chi connectivity index (χ0) is 11.5. The van der Waals surface area contributed by atoms with Crippen LogP contribution >= 0.6 is 0 Å². The number of rotatable bonds is 3. The van der Waals surface area contributed by atoms with Crippen LogP contribution in [-0.2, 0) is 0 Å². The highest BCUT2D eigenvalue weighted by Gasteiger charge is 2.21. The molecule has 1 fully saturated rings. The van der Waals surface area contributed by atoms with Crippen LogP contribution in [0.3, 0.4) is 0 Å². The summed E-state index contributed by atoms with van der Waals surface area (Å²) in [4.78, 5) is 0. The molecule has 2 N–H and O–H groups in total. The van der Waals surface area contributed by atoms with Gasteiger partial charge in [0, 0.05) is 11.6 Å². The first-order valence-corrected chi connectivity index (χ1v) is 5.89. The molecule has 88 valence electrons. The Kier molecular flexibility index (Phi) is 3.44. The van der Waals surface area contributed by atoms with Crippen LogP contribution in [0, 0.1) is 5.82 Å². The number of ether oxygens (including phenoxy) is 1. The highest BCUT2D eigenvalue weighted by atomic mass is 19.1. The lowest BCUT2D eigenvalue weighted by Crippen LogP contribution is -2.16. The normalized spacial score (nSPS) is 18.7. The summed E-state index contributed by atoms with van der Waals surface area (Å²) in [7, 11) is 0. The van der Waals surface area contributed by atoms with Crippen molar-refractivity contribution in [1.29, 1.82) is 0 Å². The lowest BCUT2D eigenvalue weighted by atomic mass is 10.1. The minimum atomic E-state index is -0.304. The summed E-state index contributed by atoms with van der Waals surface area (Å²) in [5.74, 6) is 0.0473. The SMILES string of the molecule is C[C@H](N)c1cccc(F)c1OC1CCCC1. The molecule has 1 aliphatic carbocycles. The van der Waals surface area contributed by atoms with E-state index in [1.54, 1.807) is 6.07 Å². The van der Waals surface area contributed by atoms with Gasteiger partial charge in [-0.05, 0) is 38.7 Å². The summed E-state index contributed by atoms with van der Waals surface area (Å²) >= 11 is 0. The van der Waals surface area contributed by atoms with Gasteiger partial charge in [-0.15, -0.1) is 0 Å². The summed E-state index contributed by atoms with van der Waals surface area (Å²) in [6.07, 6.45) is 4.55. The van der Waals surface area contributed by atoms with Crippen molar-refractivity contribution in [2.24, 2.45) is 5.73 Å². The molecule has 2 nitrogen and oxygen atoms in total. The molecule has 16 heavy (non-hydrogen) atoms. The van der Waals surface area contributed by atoms with Crippen LogP contribution in [0.15, 0.2) is 18.2 Å². The Labute approximate surface area is 95.6 Å². The van der Waals surface area contributed by atoms with E-state index in [-0.39, 0.29) is 18.0 Å². The maximum Gasteiger partial charge on any atom is 0.165 e. The highest BCUT2D eigenvalue weighted by molar-refractivity contribution is 5.37. The second-order valence-electron chi connectivity index (χ2n) is 4.47. The van der Waals surface area contributed by atoms with Crippen molar-refractivity contribution in [2.75, 3.05) is 0 Å². The van der Waals surface area contributed by atoms with E-state index >= 15 is 0 Å². The molecule has 1 aromatic rings. The van der Waals surface area contributed by atoms with Crippen molar-refractivity contribution in [2.45, 2.75) is 44.8 Å². The van der Waals surface area contributed by atoms with Crippen molar-refractivity contribution in [3.63, 3.8) is 0 Å². The third-order valence-corrected chi connectivity index (χ3v) is 3.07. The Morgan fingerprint density at radius 1 is 1.38 bits per heavy atom. The van der Waals surface area contributed by atoms with Gasteiger partial charge in [-0.1, -0.05) is 12.1 Å². The summed E-state index contributed by atoms with van der Waals surface area (Å²) in [6.45, 7) is 1.84. The van der Waals surface area contributed by atoms with E-state index in [9.17, 15) is 4.39 Å². The number of benzene rings is 1. The van der Waals surface area contributed by atoms with E-state index in [1.165, 1.54) is 18.9 Å². The van der Waals surface area contributed by atoms with E-state index in [0.29, 0.717) is 5.75 Å². The average Bonchev–Trinajstić information content (AvgIpc) is 2.73. The van der Waals surface area contributed by atoms with Crippen LogP contribution in [0.5, 0.6) is 5.75 Å². The molecule has 0 spiro atoms. The van der Waals surface area contributed by atoms with Gasteiger partial charge < -0.3 is 10.5 Å². The zero-order valence-corrected chi connectivity index (χ0v) is 9.58.